The Bertz CT molecular complexity index is 948. The number of thiazole rings is 1. The number of halogens is 1. The Hall–Kier alpha value is -2.74. The van der Waals surface area contributed by atoms with E-state index in [-0.39, 0.29) is 24.1 Å². The molecule has 0 atom stereocenters. The first-order chi connectivity index (χ1) is 12.0. The van der Waals surface area contributed by atoms with Gasteiger partial charge in [-0.05, 0) is 31.2 Å². The average Bonchev–Trinajstić information content (AvgIpc) is 3.12. The summed E-state index contributed by atoms with van der Waals surface area (Å²) in [5.41, 5.74) is 1.69. The lowest BCUT2D eigenvalue weighted by Crippen LogP contribution is -2.15. The van der Waals surface area contributed by atoms with Gasteiger partial charge in [0.15, 0.2) is 5.13 Å². The first kappa shape index (κ1) is 17.1. The number of esters is 1. The van der Waals surface area contributed by atoms with Gasteiger partial charge in [0, 0.05) is 23.3 Å². The highest BCUT2D eigenvalue weighted by molar-refractivity contribution is 7.14. The monoisotopic (exact) mass is 361 g/mol. The third-order valence-electron chi connectivity index (χ3n) is 3.64. The lowest BCUT2D eigenvalue weighted by atomic mass is 10.2. The predicted molar refractivity (Wildman–Crippen MR) is 93.3 cm³/mol. The van der Waals surface area contributed by atoms with Crippen molar-refractivity contribution in [1.82, 2.24) is 9.55 Å². The first-order valence-electron chi connectivity index (χ1n) is 7.64. The zero-order valence-corrected chi connectivity index (χ0v) is 14.5. The minimum atomic E-state index is -0.360. The quantitative estimate of drug-likeness (QED) is 0.709. The molecule has 25 heavy (non-hydrogen) atoms. The molecule has 6 nitrogen and oxygen atoms in total. The highest BCUT2D eigenvalue weighted by Crippen LogP contribution is 2.22. The number of aromatic nitrogens is 2. The van der Waals surface area contributed by atoms with E-state index >= 15 is 0 Å². The fraction of sp³-hybridized carbons (Fsp3) is 0.235. The van der Waals surface area contributed by atoms with Crippen LogP contribution in [0.4, 0.5) is 9.52 Å². The van der Waals surface area contributed by atoms with Crippen LogP contribution in [-0.2, 0) is 23.0 Å². The summed E-state index contributed by atoms with van der Waals surface area (Å²) in [6.07, 6.45) is 0.0630. The Morgan fingerprint density at radius 1 is 1.36 bits per heavy atom. The lowest BCUT2D eigenvalue weighted by molar-refractivity contribution is -0.142. The Balaban J connectivity index is 1.75. The van der Waals surface area contributed by atoms with Gasteiger partial charge in [-0.15, -0.1) is 11.3 Å². The summed E-state index contributed by atoms with van der Waals surface area (Å²) in [6, 6.07) is 5.99. The number of rotatable bonds is 5. The molecule has 8 heteroatoms. The van der Waals surface area contributed by atoms with Gasteiger partial charge >= 0.3 is 5.97 Å². The van der Waals surface area contributed by atoms with E-state index in [1.165, 1.54) is 23.5 Å². The van der Waals surface area contributed by atoms with Gasteiger partial charge < -0.3 is 9.30 Å². The lowest BCUT2D eigenvalue weighted by Gasteiger charge is -2.04. The summed E-state index contributed by atoms with van der Waals surface area (Å²) in [6.45, 7) is 2.05. The fourth-order valence-electron chi connectivity index (χ4n) is 2.50. The van der Waals surface area contributed by atoms with E-state index in [0.717, 1.165) is 5.52 Å². The van der Waals surface area contributed by atoms with E-state index in [4.69, 9.17) is 4.74 Å². The van der Waals surface area contributed by atoms with Crippen molar-refractivity contribution in [2.24, 2.45) is 7.05 Å². The van der Waals surface area contributed by atoms with Crippen LogP contribution < -0.4 is 5.32 Å². The SMILES string of the molecule is CCOC(=O)Cc1csc(NC(=O)c2cc3cc(F)ccc3n2C)n1. The van der Waals surface area contributed by atoms with E-state index < -0.39 is 0 Å². The van der Waals surface area contributed by atoms with Gasteiger partial charge in [0.2, 0.25) is 0 Å². The van der Waals surface area contributed by atoms with Crippen LogP contribution in [0.25, 0.3) is 10.9 Å². The molecule has 2 aromatic heterocycles. The molecule has 0 aliphatic rings. The molecule has 0 aliphatic heterocycles. The summed E-state index contributed by atoms with van der Waals surface area (Å²) in [5.74, 6) is -1.06. The Morgan fingerprint density at radius 2 is 2.16 bits per heavy atom. The molecule has 0 saturated carbocycles. The van der Waals surface area contributed by atoms with Gasteiger partial charge in [-0.2, -0.15) is 0 Å². The van der Waals surface area contributed by atoms with Gasteiger partial charge in [0.1, 0.15) is 11.5 Å². The number of ether oxygens (including phenoxy) is 1. The molecule has 3 rings (SSSR count). The number of nitrogens with one attached hydrogen (secondary N) is 1. The van der Waals surface area contributed by atoms with Crippen LogP contribution in [0.1, 0.15) is 23.1 Å². The predicted octanol–water partition coefficient (Wildman–Crippen LogP) is 3.13. The maximum Gasteiger partial charge on any atom is 0.311 e. The minimum absolute atomic E-state index is 0.0630. The second-order valence-corrected chi connectivity index (χ2v) is 6.23. The van der Waals surface area contributed by atoms with Crippen molar-refractivity contribution in [2.75, 3.05) is 11.9 Å². The molecule has 130 valence electrons. The Kier molecular flexibility index (Phi) is 4.80. The fourth-order valence-corrected chi connectivity index (χ4v) is 3.21. The number of aryl methyl sites for hydroxylation is 1. The molecule has 2 heterocycles. The molecule has 0 fully saturated rings. The second-order valence-electron chi connectivity index (χ2n) is 5.37. The number of hydrogen-bond donors (Lipinski definition) is 1. The highest BCUT2D eigenvalue weighted by atomic mass is 32.1. The van der Waals surface area contributed by atoms with Gasteiger partial charge in [-0.3, -0.25) is 14.9 Å². The summed E-state index contributed by atoms with van der Waals surface area (Å²) in [7, 11) is 1.74. The van der Waals surface area contributed by atoms with Crippen LogP contribution in [0.3, 0.4) is 0 Å². The van der Waals surface area contributed by atoms with Crippen LogP contribution in [0.15, 0.2) is 29.6 Å². The number of nitrogens with zero attached hydrogens (tertiary/aromatic N) is 2. The van der Waals surface area contributed by atoms with Crippen LogP contribution in [-0.4, -0.2) is 28.0 Å². The van der Waals surface area contributed by atoms with Crippen molar-refractivity contribution in [3.63, 3.8) is 0 Å². The van der Waals surface area contributed by atoms with Crippen molar-refractivity contribution in [1.29, 1.82) is 0 Å². The van der Waals surface area contributed by atoms with E-state index in [9.17, 15) is 14.0 Å². The first-order valence-corrected chi connectivity index (χ1v) is 8.52. The molecule has 0 radical (unpaired) electrons. The van der Waals surface area contributed by atoms with Crippen molar-refractivity contribution in [2.45, 2.75) is 13.3 Å². The van der Waals surface area contributed by atoms with E-state index in [2.05, 4.69) is 10.3 Å². The average molecular weight is 361 g/mol. The number of amides is 1. The molecular weight excluding hydrogens is 345 g/mol. The third kappa shape index (κ3) is 3.69. The third-order valence-corrected chi connectivity index (χ3v) is 4.45. The molecular formula is C17H16FN3O3S. The zero-order chi connectivity index (χ0) is 18.0. The van der Waals surface area contributed by atoms with Crippen molar-refractivity contribution in [3.05, 3.63) is 46.9 Å². The summed E-state index contributed by atoms with van der Waals surface area (Å²) in [5, 5.41) is 5.44. The van der Waals surface area contributed by atoms with Gasteiger partial charge in [0.05, 0.1) is 18.7 Å². The molecule has 1 aromatic carbocycles. The smallest absolute Gasteiger partial charge is 0.311 e. The number of benzene rings is 1. The number of carbonyl (C=O) groups is 2. The molecule has 3 aromatic rings. The molecule has 1 N–H and O–H groups in total. The van der Waals surface area contributed by atoms with Crippen LogP contribution in [0, 0.1) is 5.82 Å². The zero-order valence-electron chi connectivity index (χ0n) is 13.7. The van der Waals surface area contributed by atoms with E-state index in [1.807, 2.05) is 0 Å². The molecule has 0 saturated heterocycles. The van der Waals surface area contributed by atoms with Crippen molar-refractivity contribution < 1.29 is 18.7 Å². The maximum atomic E-state index is 13.3. The van der Waals surface area contributed by atoms with Gasteiger partial charge in [0.25, 0.3) is 5.91 Å². The van der Waals surface area contributed by atoms with E-state index in [0.29, 0.717) is 28.5 Å². The molecule has 0 spiro atoms. The Morgan fingerprint density at radius 3 is 2.92 bits per heavy atom. The summed E-state index contributed by atoms with van der Waals surface area (Å²) in [4.78, 5) is 28.1. The molecule has 1 amide bonds. The number of carbonyl (C=O) groups excluding carboxylic acids is 2. The van der Waals surface area contributed by atoms with Crippen LogP contribution in [0.5, 0.6) is 0 Å². The minimum Gasteiger partial charge on any atom is -0.466 e. The number of anilines is 1. The summed E-state index contributed by atoms with van der Waals surface area (Å²) < 4.78 is 19.9. The Labute approximate surface area is 147 Å². The van der Waals surface area contributed by atoms with E-state index in [1.54, 1.807) is 36.1 Å². The number of hydrogen-bond acceptors (Lipinski definition) is 5. The largest absolute Gasteiger partial charge is 0.466 e. The van der Waals surface area contributed by atoms with Gasteiger partial charge in [-0.25, -0.2) is 9.37 Å². The van der Waals surface area contributed by atoms with Crippen LogP contribution in [0.2, 0.25) is 0 Å². The normalized spacial score (nSPS) is 10.8. The maximum absolute atomic E-state index is 13.3. The van der Waals surface area contributed by atoms with Crippen molar-refractivity contribution in [3.8, 4) is 0 Å². The van der Waals surface area contributed by atoms with Crippen molar-refractivity contribution >= 4 is 39.2 Å². The highest BCUT2D eigenvalue weighted by Gasteiger charge is 2.16. The van der Waals surface area contributed by atoms with Crippen LogP contribution >= 0.6 is 11.3 Å². The summed E-state index contributed by atoms with van der Waals surface area (Å²) >= 11 is 1.23. The topological polar surface area (TPSA) is 73.2 Å². The molecule has 0 unspecified atom stereocenters. The standard InChI is InChI=1S/C17H16FN3O3S/c1-3-24-15(22)8-12-9-25-17(19-12)20-16(23)14-7-10-6-11(18)4-5-13(10)21(14)2/h4-7,9H,3,8H2,1-2H3,(H,19,20,23). The molecule has 0 bridgehead atoms. The molecule has 0 aliphatic carbocycles. The second kappa shape index (κ2) is 7.02. The van der Waals surface area contributed by atoms with Gasteiger partial charge in [-0.1, -0.05) is 0 Å². The number of fused-ring (bicyclic) bond motifs is 1.